The van der Waals surface area contributed by atoms with Crippen LogP contribution in [0.2, 0.25) is 0 Å². The van der Waals surface area contributed by atoms with E-state index in [1.165, 1.54) is 19.1 Å². The van der Waals surface area contributed by atoms with Gasteiger partial charge in [-0.3, -0.25) is 13.9 Å². The van der Waals surface area contributed by atoms with E-state index in [2.05, 4.69) is 20.0 Å². The highest BCUT2D eigenvalue weighted by molar-refractivity contribution is 7.52. The SMILES string of the molecule is C#C[C@]1(O)[C@H](n2cnc3c(OCC)nc(N)nc32)O[C@](F)(CO[P@@](=O)(N[C@@H](C)C(=O)OC2CCCCC2)Oc2ccccc2)[C@H]1O. The number of hydrogen-bond acceptors (Lipinski definition) is 13. The Morgan fingerprint density at radius 3 is 2.70 bits per heavy atom. The first-order valence-corrected chi connectivity index (χ1v) is 16.3. The van der Waals surface area contributed by atoms with Crippen LogP contribution >= 0.6 is 7.75 Å². The molecule has 1 aliphatic heterocycles. The molecule has 1 aliphatic carbocycles. The summed E-state index contributed by atoms with van der Waals surface area (Å²) >= 11 is 0. The number of nitrogens with one attached hydrogen (secondary N) is 1. The lowest BCUT2D eigenvalue weighted by atomic mass is 9.94. The van der Waals surface area contributed by atoms with Crippen LogP contribution in [-0.2, 0) is 23.4 Å². The van der Waals surface area contributed by atoms with Crippen LogP contribution in [0.25, 0.3) is 11.2 Å². The highest BCUT2D eigenvalue weighted by Gasteiger charge is 2.66. The fraction of sp³-hybridized carbons (Fsp3) is 0.517. The van der Waals surface area contributed by atoms with Crippen LogP contribution in [0.15, 0.2) is 36.7 Å². The standard InChI is InChI=1S/C29H36FN6O9P/c1-4-28(39)25(38)29(30,44-26(28)36-17-32-21-22(36)33-27(31)34-23(21)41-5-2)16-42-46(40,45-20-14-10-7-11-15-20)35-18(3)24(37)43-19-12-8-6-9-13-19/h1,7,10-11,14-15,17-19,25-26,38-39H,5-6,8-9,12-13,16H2,2-3H3,(H,35,40)(H2,31,33,34)/t18-,25-,26+,28+,29+,46-/m0/s1. The Bertz CT molecular complexity index is 1630. The van der Waals surface area contributed by atoms with Crippen LogP contribution in [-0.4, -0.2) is 78.6 Å². The van der Waals surface area contributed by atoms with Crippen LogP contribution in [0, 0.1) is 12.3 Å². The van der Waals surface area contributed by atoms with Gasteiger partial charge in [-0.25, -0.2) is 13.9 Å². The topological polar surface area (TPSA) is 202 Å². The Morgan fingerprint density at radius 1 is 1.30 bits per heavy atom. The van der Waals surface area contributed by atoms with E-state index in [-0.39, 0.29) is 41.5 Å². The summed E-state index contributed by atoms with van der Waals surface area (Å²) in [6.45, 7) is 2.04. The molecule has 0 amide bonds. The Labute approximate surface area is 264 Å². The largest absolute Gasteiger partial charge is 0.476 e. The number of terminal acetylenes is 1. The number of fused-ring (bicyclic) bond motifs is 1. The second kappa shape index (κ2) is 13.5. The number of benzene rings is 1. The summed E-state index contributed by atoms with van der Waals surface area (Å²) in [5, 5.41) is 24.8. The molecule has 248 valence electrons. The van der Waals surface area contributed by atoms with Gasteiger partial charge >= 0.3 is 13.7 Å². The van der Waals surface area contributed by atoms with E-state index in [1.54, 1.807) is 25.1 Å². The molecule has 0 unspecified atom stereocenters. The summed E-state index contributed by atoms with van der Waals surface area (Å²) in [5.41, 5.74) is 3.16. The molecule has 0 bridgehead atoms. The monoisotopic (exact) mass is 662 g/mol. The van der Waals surface area contributed by atoms with E-state index in [0.29, 0.717) is 12.8 Å². The predicted molar refractivity (Wildman–Crippen MR) is 161 cm³/mol. The second-order valence-corrected chi connectivity index (χ2v) is 12.7. The van der Waals surface area contributed by atoms with E-state index >= 15 is 4.39 Å². The number of hydrogen-bond donors (Lipinski definition) is 4. The van der Waals surface area contributed by atoms with Gasteiger partial charge in [0.15, 0.2) is 23.5 Å². The molecule has 1 saturated heterocycles. The van der Waals surface area contributed by atoms with Crippen LogP contribution in [0.4, 0.5) is 10.3 Å². The summed E-state index contributed by atoms with van der Waals surface area (Å²) in [4.78, 5) is 25.1. The maximum atomic E-state index is 16.5. The highest BCUT2D eigenvalue weighted by atomic mass is 31.2. The number of anilines is 1. The molecule has 1 saturated carbocycles. The average Bonchev–Trinajstić information content (AvgIpc) is 3.54. The van der Waals surface area contributed by atoms with Gasteiger partial charge in [-0.1, -0.05) is 30.5 Å². The summed E-state index contributed by atoms with van der Waals surface area (Å²) < 4.78 is 59.2. The van der Waals surface area contributed by atoms with E-state index in [0.717, 1.165) is 30.2 Å². The molecular weight excluding hydrogens is 626 g/mol. The number of esters is 1. The van der Waals surface area contributed by atoms with Gasteiger partial charge in [0.05, 0.1) is 12.9 Å². The number of aliphatic hydroxyl groups excluding tert-OH is 1. The number of aliphatic hydroxyl groups is 2. The Balaban J connectivity index is 1.39. The van der Waals surface area contributed by atoms with Crippen molar-refractivity contribution in [3.63, 3.8) is 0 Å². The zero-order chi connectivity index (χ0) is 33.1. The summed E-state index contributed by atoms with van der Waals surface area (Å²) in [7, 11) is -4.60. The van der Waals surface area contributed by atoms with Gasteiger partial charge in [0.2, 0.25) is 17.4 Å². The minimum absolute atomic E-state index is 0.0163. The lowest BCUT2D eigenvalue weighted by Gasteiger charge is -2.29. The first-order chi connectivity index (χ1) is 21.9. The quantitative estimate of drug-likeness (QED) is 0.125. The van der Waals surface area contributed by atoms with E-state index in [9.17, 15) is 19.6 Å². The number of nitrogens with zero attached hydrogens (tertiary/aromatic N) is 4. The summed E-state index contributed by atoms with van der Waals surface area (Å²) in [6.07, 6.45) is 6.47. The number of nitrogen functional groups attached to an aromatic ring is 1. The minimum atomic E-state index is -4.60. The third-order valence-corrected chi connectivity index (χ3v) is 9.25. The second-order valence-electron chi connectivity index (χ2n) is 11.0. The van der Waals surface area contributed by atoms with Crippen LogP contribution in [0.5, 0.6) is 11.6 Å². The molecule has 15 nitrogen and oxygen atoms in total. The van der Waals surface area contributed by atoms with Crippen LogP contribution in [0.3, 0.4) is 0 Å². The number of nitrogens with two attached hydrogens (primary N) is 1. The third kappa shape index (κ3) is 6.80. The lowest BCUT2D eigenvalue weighted by Crippen LogP contribution is -2.50. The molecule has 5 N–H and O–H groups in total. The molecule has 46 heavy (non-hydrogen) atoms. The van der Waals surface area contributed by atoms with Gasteiger partial charge in [0.25, 0.3) is 5.85 Å². The fourth-order valence-electron chi connectivity index (χ4n) is 5.27. The summed E-state index contributed by atoms with van der Waals surface area (Å²) in [5.74, 6) is -2.14. The number of carbonyl (C=O) groups excluding carboxylic acids is 1. The van der Waals surface area contributed by atoms with Crippen molar-refractivity contribution >= 4 is 30.8 Å². The Morgan fingerprint density at radius 2 is 2.02 bits per heavy atom. The number of alkyl halides is 1. The Kier molecular flexibility index (Phi) is 9.83. The smallest absolute Gasteiger partial charge is 0.459 e. The molecule has 0 spiro atoms. The number of imidazole rings is 1. The van der Waals surface area contributed by atoms with Crippen molar-refractivity contribution in [1.29, 1.82) is 0 Å². The average molecular weight is 663 g/mol. The van der Waals surface area contributed by atoms with Crippen molar-refractivity contribution in [1.82, 2.24) is 24.6 Å². The van der Waals surface area contributed by atoms with Gasteiger partial charge in [-0.2, -0.15) is 15.1 Å². The minimum Gasteiger partial charge on any atom is -0.476 e. The molecule has 3 aromatic rings. The van der Waals surface area contributed by atoms with Crippen molar-refractivity contribution in [2.45, 2.75) is 81.9 Å². The van der Waals surface area contributed by atoms with Crippen molar-refractivity contribution in [2.75, 3.05) is 18.9 Å². The maximum absolute atomic E-state index is 16.5. The normalized spacial score (nSPS) is 27.0. The molecule has 5 rings (SSSR count). The number of aromatic nitrogens is 4. The van der Waals surface area contributed by atoms with Gasteiger partial charge in [-0.15, -0.1) is 6.42 Å². The van der Waals surface area contributed by atoms with Gasteiger partial charge in [-0.05, 0) is 51.7 Å². The number of rotatable bonds is 12. The van der Waals surface area contributed by atoms with Crippen molar-refractivity contribution < 1.29 is 47.2 Å². The third-order valence-electron chi connectivity index (χ3n) is 7.62. The summed E-state index contributed by atoms with van der Waals surface area (Å²) in [6, 6.07) is 6.61. The molecule has 2 fully saturated rings. The molecule has 2 aromatic heterocycles. The number of carbonyl (C=O) groups is 1. The van der Waals surface area contributed by atoms with E-state index in [4.69, 9.17) is 35.4 Å². The van der Waals surface area contributed by atoms with E-state index < -0.39 is 50.2 Å². The van der Waals surface area contributed by atoms with Crippen molar-refractivity contribution in [3.05, 3.63) is 36.7 Å². The van der Waals surface area contributed by atoms with Crippen molar-refractivity contribution in [2.24, 2.45) is 0 Å². The molecule has 17 heteroatoms. The first-order valence-electron chi connectivity index (χ1n) is 14.8. The fourth-order valence-corrected chi connectivity index (χ4v) is 6.78. The molecule has 6 atom stereocenters. The number of halogens is 1. The maximum Gasteiger partial charge on any atom is 0.459 e. The zero-order valence-electron chi connectivity index (χ0n) is 25.2. The molecular formula is C29H36FN6O9P. The van der Waals surface area contributed by atoms with Crippen LogP contribution < -0.4 is 20.1 Å². The zero-order valence-corrected chi connectivity index (χ0v) is 26.1. The predicted octanol–water partition coefficient (Wildman–Crippen LogP) is 2.78. The number of para-hydroxylation sites is 1. The lowest BCUT2D eigenvalue weighted by molar-refractivity contribution is -0.202. The van der Waals surface area contributed by atoms with E-state index in [1.807, 2.05) is 5.92 Å². The Hall–Kier alpha value is -3.84. The first kappa shape index (κ1) is 33.5. The highest BCUT2D eigenvalue weighted by Crippen LogP contribution is 2.51. The van der Waals surface area contributed by atoms with Gasteiger partial charge in [0.1, 0.15) is 24.5 Å². The number of ether oxygens (including phenoxy) is 3. The molecule has 2 aliphatic rings. The molecule has 3 heterocycles. The van der Waals surface area contributed by atoms with Crippen LogP contribution in [0.1, 0.15) is 52.2 Å². The van der Waals surface area contributed by atoms with Gasteiger partial charge in [0, 0.05) is 0 Å². The molecule has 0 radical (unpaired) electrons. The van der Waals surface area contributed by atoms with Crippen molar-refractivity contribution in [3.8, 4) is 24.0 Å². The van der Waals surface area contributed by atoms with Gasteiger partial charge < -0.3 is 34.7 Å². The molecule has 1 aromatic carbocycles.